The first-order valence-electron chi connectivity index (χ1n) is 8.96. The molecule has 13 heteroatoms. The molecule has 2 aromatic rings. The van der Waals surface area contributed by atoms with E-state index in [9.17, 15) is 4.79 Å². The highest BCUT2D eigenvalue weighted by Gasteiger charge is 2.17. The fourth-order valence-corrected chi connectivity index (χ4v) is 2.69. The summed E-state index contributed by atoms with van der Waals surface area (Å²) in [6.45, 7) is 0.683. The zero-order valence-corrected chi connectivity index (χ0v) is 17.3. The van der Waals surface area contributed by atoms with Crippen LogP contribution in [0.25, 0.3) is 0 Å². The lowest BCUT2D eigenvalue weighted by molar-refractivity contribution is -0.121. The number of hydrogen-bond acceptors (Lipinski definition) is 8. The van der Waals surface area contributed by atoms with Crippen molar-refractivity contribution >= 4 is 37.2 Å². The third-order valence-electron chi connectivity index (χ3n) is 4.01. The monoisotopic (exact) mass is 446 g/mol. The van der Waals surface area contributed by atoms with Crippen LogP contribution in [0.5, 0.6) is 0 Å². The average Bonchev–Trinajstić information content (AvgIpc) is 3.11. The maximum atomic E-state index is 12.1. The molecule has 0 radical (unpaired) electrons. The number of nitrogens with one attached hydrogen (secondary N) is 1. The molecule has 1 aromatic carbocycles. The summed E-state index contributed by atoms with van der Waals surface area (Å²) >= 11 is 5.85. The van der Waals surface area contributed by atoms with Crippen LogP contribution in [0.1, 0.15) is 36.7 Å². The minimum Gasteiger partial charge on any atom is -0.402 e. The van der Waals surface area contributed by atoms with E-state index in [2.05, 4.69) is 25.5 Å². The second-order valence-electron chi connectivity index (χ2n) is 6.22. The van der Waals surface area contributed by atoms with Gasteiger partial charge < -0.3 is 25.8 Å². The van der Waals surface area contributed by atoms with Gasteiger partial charge in [0, 0.05) is 18.2 Å². The van der Waals surface area contributed by atoms with E-state index in [4.69, 9.17) is 27.4 Å². The van der Waals surface area contributed by atoms with Crippen molar-refractivity contribution in [2.75, 3.05) is 13.2 Å². The summed E-state index contributed by atoms with van der Waals surface area (Å²) < 4.78 is 6.02. The number of carbonyl (C=O) groups is 1. The van der Waals surface area contributed by atoms with Gasteiger partial charge in [-0.05, 0) is 53.8 Å². The molecule has 0 bridgehead atoms. The van der Waals surface area contributed by atoms with Crippen LogP contribution in [0.15, 0.2) is 24.3 Å². The first kappa shape index (κ1) is 25.3. The molecule has 1 aromatic heterocycles. The van der Waals surface area contributed by atoms with Gasteiger partial charge in [-0.25, -0.2) is 4.68 Å². The van der Waals surface area contributed by atoms with Crippen LogP contribution in [0, 0.1) is 0 Å². The van der Waals surface area contributed by atoms with Gasteiger partial charge in [0.25, 0.3) is 0 Å². The van der Waals surface area contributed by atoms with Crippen molar-refractivity contribution in [3.63, 3.8) is 0 Å². The lowest BCUT2D eigenvalue weighted by Crippen LogP contribution is -2.31. The maximum absolute atomic E-state index is 12.1. The Balaban J connectivity index is 0.00000420. The summed E-state index contributed by atoms with van der Waals surface area (Å²) in [5.74, 6) is 0.219. The third-order valence-corrected chi connectivity index (χ3v) is 4.26. The number of benzene rings is 1. The Morgan fingerprint density at radius 1 is 1.31 bits per heavy atom. The standard InChI is InChI=1S/C16H24BClN6O4.ClH/c18-13-6-4-12(5-7-13)8-9-20-15(25)11-24-16(21-22-23-24)14(19)3-1-2-10-28-17(26)27;/h4-7,14,26-27H,1-3,8-11,19H2,(H,20,25);1H. The Kier molecular flexibility index (Phi) is 11.7. The number of amides is 1. The van der Waals surface area contributed by atoms with Crippen molar-refractivity contribution in [3.05, 3.63) is 40.7 Å². The molecule has 0 aliphatic heterocycles. The molecule has 1 amide bonds. The van der Waals surface area contributed by atoms with Crippen LogP contribution in [0.2, 0.25) is 5.02 Å². The number of tetrazole rings is 1. The van der Waals surface area contributed by atoms with Gasteiger partial charge in [-0.3, -0.25) is 4.79 Å². The molecular weight excluding hydrogens is 422 g/mol. The molecule has 160 valence electrons. The van der Waals surface area contributed by atoms with Gasteiger partial charge in [-0.1, -0.05) is 23.7 Å². The highest BCUT2D eigenvalue weighted by atomic mass is 35.5. The molecule has 0 spiro atoms. The Bertz CT molecular complexity index is 734. The van der Waals surface area contributed by atoms with Crippen LogP contribution in [-0.4, -0.2) is 56.6 Å². The number of nitrogens with zero attached hydrogens (tertiary/aromatic N) is 4. The number of aromatic nitrogens is 4. The first-order chi connectivity index (χ1) is 13.5. The Labute approximate surface area is 180 Å². The number of carbonyl (C=O) groups excluding carboxylic acids is 1. The fraction of sp³-hybridized carbons (Fsp3) is 0.500. The number of nitrogens with two attached hydrogens (primary N) is 1. The SMILES string of the molecule is Cl.NC(CCCCOB(O)O)c1nnnn1CC(=O)NCCc1ccc(Cl)cc1. The largest absolute Gasteiger partial charge is 0.633 e. The molecule has 1 heterocycles. The minimum atomic E-state index is -1.76. The van der Waals surface area contributed by atoms with Crippen molar-refractivity contribution in [2.24, 2.45) is 5.73 Å². The highest BCUT2D eigenvalue weighted by Crippen LogP contribution is 2.14. The predicted molar refractivity (Wildman–Crippen MR) is 110 cm³/mol. The molecule has 10 nitrogen and oxygen atoms in total. The van der Waals surface area contributed by atoms with Gasteiger partial charge in [0.2, 0.25) is 5.91 Å². The van der Waals surface area contributed by atoms with Crippen molar-refractivity contribution in [2.45, 2.75) is 38.3 Å². The van der Waals surface area contributed by atoms with Crippen molar-refractivity contribution in [1.29, 1.82) is 0 Å². The van der Waals surface area contributed by atoms with Crippen LogP contribution in [-0.2, 0) is 22.4 Å². The van der Waals surface area contributed by atoms with Crippen LogP contribution in [0.4, 0.5) is 0 Å². The van der Waals surface area contributed by atoms with Gasteiger partial charge in [-0.2, -0.15) is 0 Å². The molecule has 0 saturated carbocycles. The first-order valence-corrected chi connectivity index (χ1v) is 9.34. The van der Waals surface area contributed by atoms with E-state index in [-0.39, 0.29) is 31.5 Å². The second-order valence-corrected chi connectivity index (χ2v) is 6.66. The predicted octanol–water partition coefficient (Wildman–Crippen LogP) is 0.263. The summed E-state index contributed by atoms with van der Waals surface area (Å²) in [5.41, 5.74) is 7.18. The zero-order valence-electron chi connectivity index (χ0n) is 15.8. The quantitative estimate of drug-likeness (QED) is 0.268. The molecule has 0 aliphatic rings. The van der Waals surface area contributed by atoms with Crippen LogP contribution >= 0.6 is 24.0 Å². The second kappa shape index (κ2) is 13.5. The van der Waals surface area contributed by atoms with E-state index in [0.717, 1.165) is 5.56 Å². The van der Waals surface area contributed by atoms with E-state index >= 15 is 0 Å². The van der Waals surface area contributed by atoms with E-state index < -0.39 is 13.4 Å². The zero-order chi connectivity index (χ0) is 20.4. The van der Waals surface area contributed by atoms with E-state index in [1.807, 2.05) is 24.3 Å². The molecular formula is C16H25BCl2N6O4. The Morgan fingerprint density at radius 2 is 2.03 bits per heavy atom. The van der Waals surface area contributed by atoms with Gasteiger partial charge in [0.05, 0.1) is 6.04 Å². The topological polar surface area (TPSA) is 148 Å². The lowest BCUT2D eigenvalue weighted by Gasteiger charge is -2.12. The summed E-state index contributed by atoms with van der Waals surface area (Å²) in [7, 11) is -1.76. The Hall–Kier alpha value is -1.76. The molecule has 0 fully saturated rings. The molecule has 0 aliphatic carbocycles. The van der Waals surface area contributed by atoms with Crippen molar-refractivity contribution in [3.8, 4) is 0 Å². The van der Waals surface area contributed by atoms with Gasteiger partial charge in [0.15, 0.2) is 5.82 Å². The van der Waals surface area contributed by atoms with Crippen molar-refractivity contribution in [1.82, 2.24) is 25.5 Å². The molecule has 0 saturated heterocycles. The van der Waals surface area contributed by atoms with Crippen LogP contribution < -0.4 is 11.1 Å². The third kappa shape index (κ3) is 9.53. The summed E-state index contributed by atoms with van der Waals surface area (Å²) in [5, 5.41) is 32.0. The summed E-state index contributed by atoms with van der Waals surface area (Å²) in [4.78, 5) is 12.1. The fourth-order valence-electron chi connectivity index (χ4n) is 2.56. The minimum absolute atomic E-state index is 0. The Morgan fingerprint density at radius 3 is 2.72 bits per heavy atom. The smallest absolute Gasteiger partial charge is 0.402 e. The van der Waals surface area contributed by atoms with Gasteiger partial charge in [0.1, 0.15) is 6.54 Å². The average molecular weight is 447 g/mol. The normalized spacial score (nSPS) is 11.6. The molecule has 29 heavy (non-hydrogen) atoms. The van der Waals surface area contributed by atoms with Crippen LogP contribution in [0.3, 0.4) is 0 Å². The number of halogens is 2. The van der Waals surface area contributed by atoms with Gasteiger partial charge in [-0.15, -0.1) is 17.5 Å². The lowest BCUT2D eigenvalue weighted by atomic mass is 10.1. The maximum Gasteiger partial charge on any atom is 0.633 e. The molecule has 1 atom stereocenters. The van der Waals surface area contributed by atoms with Crippen molar-refractivity contribution < 1.29 is 19.5 Å². The number of unbranched alkanes of at least 4 members (excludes halogenated alkanes) is 1. The summed E-state index contributed by atoms with van der Waals surface area (Å²) in [6.07, 6.45) is 2.56. The molecule has 5 N–H and O–H groups in total. The number of rotatable bonds is 12. The molecule has 1 unspecified atom stereocenters. The molecule has 2 rings (SSSR count). The summed E-state index contributed by atoms with van der Waals surface area (Å²) in [6, 6.07) is 7.02. The van der Waals surface area contributed by atoms with E-state index in [0.29, 0.717) is 43.1 Å². The highest BCUT2D eigenvalue weighted by molar-refractivity contribution is 6.32. The van der Waals surface area contributed by atoms with E-state index in [1.54, 1.807) is 0 Å². The van der Waals surface area contributed by atoms with Gasteiger partial charge >= 0.3 is 7.32 Å². The van der Waals surface area contributed by atoms with E-state index in [1.165, 1.54) is 4.68 Å². The number of hydrogen-bond donors (Lipinski definition) is 4.